The van der Waals surface area contributed by atoms with Crippen LogP contribution >= 0.6 is 11.6 Å². The molecule has 106 valence electrons. The van der Waals surface area contributed by atoms with E-state index in [0.29, 0.717) is 17.5 Å². The predicted octanol–water partition coefficient (Wildman–Crippen LogP) is 4.30. The van der Waals surface area contributed by atoms with Gasteiger partial charge in [0.15, 0.2) is 0 Å². The number of hydrogen-bond donors (Lipinski definition) is 1. The van der Waals surface area contributed by atoms with Gasteiger partial charge in [0.1, 0.15) is 12.4 Å². The number of aliphatic hydroxyl groups excluding tert-OH is 1. The van der Waals surface area contributed by atoms with E-state index in [9.17, 15) is 5.11 Å². The summed E-state index contributed by atoms with van der Waals surface area (Å²) in [6.07, 6.45) is 5.67. The van der Waals surface area contributed by atoms with Crippen LogP contribution in [0.3, 0.4) is 0 Å². The van der Waals surface area contributed by atoms with Gasteiger partial charge in [-0.1, -0.05) is 37.8 Å². The third kappa shape index (κ3) is 4.39. The molecule has 0 radical (unpaired) electrons. The molecule has 0 amide bonds. The van der Waals surface area contributed by atoms with Crippen LogP contribution < -0.4 is 4.74 Å². The summed E-state index contributed by atoms with van der Waals surface area (Å²) >= 11 is 5.82. The zero-order chi connectivity index (χ0) is 13.7. The maximum atomic E-state index is 10.2. The normalized spacial score (nSPS) is 25.0. The third-order valence-electron chi connectivity index (χ3n) is 4.25. The van der Waals surface area contributed by atoms with Gasteiger partial charge in [-0.2, -0.15) is 0 Å². The molecule has 0 heterocycles. The molecular weight excluding hydrogens is 260 g/mol. The Balaban J connectivity index is 1.75. The summed E-state index contributed by atoms with van der Waals surface area (Å²) in [4.78, 5) is 0. The maximum absolute atomic E-state index is 10.2. The lowest BCUT2D eigenvalue weighted by molar-refractivity contribution is 0.0339. The molecule has 0 bridgehead atoms. The molecule has 19 heavy (non-hydrogen) atoms. The molecule has 2 rings (SSSR count). The number of hydrogen-bond acceptors (Lipinski definition) is 2. The first kappa shape index (κ1) is 14.7. The lowest BCUT2D eigenvalue weighted by Crippen LogP contribution is -2.30. The van der Waals surface area contributed by atoms with Gasteiger partial charge in [0, 0.05) is 5.02 Å². The molecule has 3 heteroatoms. The first-order valence-electron chi connectivity index (χ1n) is 7.25. The molecule has 1 saturated carbocycles. The number of halogens is 1. The second kappa shape index (κ2) is 7.16. The third-order valence-corrected chi connectivity index (χ3v) is 4.50. The molecule has 0 saturated heterocycles. The van der Waals surface area contributed by atoms with Crippen molar-refractivity contribution in [2.24, 2.45) is 11.8 Å². The van der Waals surface area contributed by atoms with E-state index in [-0.39, 0.29) is 6.10 Å². The fraction of sp³-hybridized carbons (Fsp3) is 0.625. The van der Waals surface area contributed by atoms with Gasteiger partial charge in [0.25, 0.3) is 0 Å². The van der Waals surface area contributed by atoms with Gasteiger partial charge in [-0.25, -0.2) is 0 Å². The SMILES string of the molecule is CCC1CCC(C(O)COc2ccc(Cl)cc2)CC1. The Labute approximate surface area is 120 Å². The van der Waals surface area contributed by atoms with Crippen LogP contribution in [0.1, 0.15) is 39.0 Å². The van der Waals surface area contributed by atoms with E-state index < -0.39 is 0 Å². The molecule has 1 N–H and O–H groups in total. The van der Waals surface area contributed by atoms with Crippen molar-refractivity contribution in [3.8, 4) is 5.75 Å². The minimum atomic E-state index is -0.353. The Hall–Kier alpha value is -0.730. The van der Waals surface area contributed by atoms with E-state index in [4.69, 9.17) is 16.3 Å². The van der Waals surface area contributed by atoms with Crippen molar-refractivity contribution in [3.05, 3.63) is 29.3 Å². The second-order valence-corrected chi connectivity index (χ2v) is 5.96. The lowest BCUT2D eigenvalue weighted by Gasteiger charge is -2.30. The van der Waals surface area contributed by atoms with Crippen LogP contribution in [0.25, 0.3) is 0 Å². The van der Waals surface area contributed by atoms with Crippen LogP contribution in [0.2, 0.25) is 5.02 Å². The summed E-state index contributed by atoms with van der Waals surface area (Å²) in [5, 5.41) is 10.9. The summed E-state index contributed by atoms with van der Waals surface area (Å²) in [5.74, 6) is 2.03. The number of benzene rings is 1. The Kier molecular flexibility index (Phi) is 5.53. The van der Waals surface area contributed by atoms with Crippen molar-refractivity contribution < 1.29 is 9.84 Å². The lowest BCUT2D eigenvalue weighted by atomic mass is 9.78. The van der Waals surface area contributed by atoms with Crippen molar-refractivity contribution in [3.63, 3.8) is 0 Å². The Morgan fingerprint density at radius 1 is 1.21 bits per heavy atom. The highest BCUT2D eigenvalue weighted by Gasteiger charge is 2.25. The van der Waals surface area contributed by atoms with Crippen molar-refractivity contribution in [2.45, 2.75) is 45.1 Å². The molecule has 1 fully saturated rings. The minimum absolute atomic E-state index is 0.353. The quantitative estimate of drug-likeness (QED) is 0.873. The molecule has 0 aliphatic heterocycles. The van der Waals surface area contributed by atoms with Crippen LogP contribution in [0.15, 0.2) is 24.3 Å². The Morgan fingerprint density at radius 3 is 2.42 bits per heavy atom. The highest BCUT2D eigenvalue weighted by molar-refractivity contribution is 6.30. The molecule has 1 aliphatic carbocycles. The highest BCUT2D eigenvalue weighted by Crippen LogP contribution is 2.32. The van der Waals surface area contributed by atoms with Gasteiger partial charge in [0.2, 0.25) is 0 Å². The first-order chi connectivity index (χ1) is 9.19. The van der Waals surface area contributed by atoms with Crippen molar-refractivity contribution >= 4 is 11.6 Å². The minimum Gasteiger partial charge on any atom is -0.491 e. The van der Waals surface area contributed by atoms with E-state index in [2.05, 4.69) is 6.92 Å². The zero-order valence-electron chi connectivity index (χ0n) is 11.5. The second-order valence-electron chi connectivity index (χ2n) is 5.52. The molecular formula is C16H23ClO2. The van der Waals surface area contributed by atoms with Crippen molar-refractivity contribution in [1.82, 2.24) is 0 Å². The Bertz CT molecular complexity index is 369. The van der Waals surface area contributed by atoms with E-state index >= 15 is 0 Å². The van der Waals surface area contributed by atoms with E-state index in [1.165, 1.54) is 19.3 Å². The Morgan fingerprint density at radius 2 is 1.84 bits per heavy atom. The number of ether oxygens (including phenoxy) is 1. The molecule has 1 atom stereocenters. The van der Waals surface area contributed by atoms with Gasteiger partial charge in [-0.3, -0.25) is 0 Å². The molecule has 0 aromatic heterocycles. The van der Waals surface area contributed by atoms with Gasteiger partial charge < -0.3 is 9.84 Å². The predicted molar refractivity (Wildman–Crippen MR) is 78.7 cm³/mol. The summed E-state index contributed by atoms with van der Waals surface area (Å²) in [5.41, 5.74) is 0. The van der Waals surface area contributed by atoms with E-state index in [1.54, 1.807) is 12.1 Å². The largest absolute Gasteiger partial charge is 0.491 e. The summed E-state index contributed by atoms with van der Waals surface area (Å²) in [6.45, 7) is 2.63. The standard InChI is InChI=1S/C16H23ClO2/c1-2-12-3-5-13(6-4-12)16(18)11-19-15-9-7-14(17)8-10-15/h7-10,12-13,16,18H,2-6,11H2,1H3. The highest BCUT2D eigenvalue weighted by atomic mass is 35.5. The molecule has 1 aliphatic rings. The van der Waals surface area contributed by atoms with Gasteiger partial charge in [-0.05, 0) is 48.9 Å². The summed E-state index contributed by atoms with van der Waals surface area (Å²) < 4.78 is 5.62. The van der Waals surface area contributed by atoms with Crippen LogP contribution in [0, 0.1) is 11.8 Å². The number of rotatable bonds is 5. The molecule has 1 aromatic rings. The van der Waals surface area contributed by atoms with Gasteiger partial charge >= 0.3 is 0 Å². The van der Waals surface area contributed by atoms with Crippen LogP contribution in [0.4, 0.5) is 0 Å². The first-order valence-corrected chi connectivity index (χ1v) is 7.63. The average Bonchev–Trinajstić information content (AvgIpc) is 2.46. The van der Waals surface area contributed by atoms with Gasteiger partial charge in [0.05, 0.1) is 6.10 Å². The number of aliphatic hydroxyl groups is 1. The zero-order valence-corrected chi connectivity index (χ0v) is 12.3. The average molecular weight is 283 g/mol. The molecule has 1 aromatic carbocycles. The van der Waals surface area contributed by atoms with Crippen molar-refractivity contribution in [1.29, 1.82) is 0 Å². The van der Waals surface area contributed by atoms with Crippen molar-refractivity contribution in [2.75, 3.05) is 6.61 Å². The molecule has 2 nitrogen and oxygen atoms in total. The van der Waals surface area contributed by atoms with Crippen LogP contribution in [-0.4, -0.2) is 17.8 Å². The van der Waals surface area contributed by atoms with E-state index in [1.807, 2.05) is 12.1 Å². The topological polar surface area (TPSA) is 29.5 Å². The van der Waals surface area contributed by atoms with Crippen LogP contribution in [0.5, 0.6) is 5.75 Å². The smallest absolute Gasteiger partial charge is 0.119 e. The summed E-state index contributed by atoms with van der Waals surface area (Å²) in [6, 6.07) is 7.28. The van der Waals surface area contributed by atoms with Crippen LogP contribution in [-0.2, 0) is 0 Å². The van der Waals surface area contributed by atoms with Gasteiger partial charge in [-0.15, -0.1) is 0 Å². The monoisotopic (exact) mass is 282 g/mol. The summed E-state index contributed by atoms with van der Waals surface area (Å²) in [7, 11) is 0. The molecule has 1 unspecified atom stereocenters. The van der Waals surface area contributed by atoms with E-state index in [0.717, 1.165) is 24.5 Å². The fourth-order valence-electron chi connectivity index (χ4n) is 2.83. The molecule has 0 spiro atoms. The fourth-order valence-corrected chi connectivity index (χ4v) is 2.96. The maximum Gasteiger partial charge on any atom is 0.119 e.